The van der Waals surface area contributed by atoms with Crippen LogP contribution in [0.5, 0.6) is 0 Å². The van der Waals surface area contributed by atoms with Crippen LogP contribution in [0.25, 0.3) is 0 Å². The molecule has 4 N–H and O–H groups in total. The number of benzene rings is 1. The Morgan fingerprint density at radius 2 is 1.63 bits per heavy atom. The van der Waals surface area contributed by atoms with E-state index in [0.717, 1.165) is 18.4 Å². The van der Waals surface area contributed by atoms with Crippen molar-refractivity contribution in [1.29, 1.82) is 0 Å². The fraction of sp³-hybridized carbons (Fsp3) is 0.756. The molecule has 2 saturated heterocycles. The first-order chi connectivity index (χ1) is 29.0. The van der Waals surface area contributed by atoms with Crippen molar-refractivity contribution >= 4 is 39.7 Å². The summed E-state index contributed by atoms with van der Waals surface area (Å²) in [6, 6.07) is 5.68. The molecule has 5 amide bonds. The first-order valence-corrected chi connectivity index (χ1v) is 24.0. The molecule has 3 unspecified atom stereocenters. The molecule has 2 heterocycles. The lowest BCUT2D eigenvalue weighted by molar-refractivity contribution is -0.148. The number of fused-ring (bicyclic) bond motifs is 2. The van der Waals surface area contributed by atoms with Crippen LogP contribution in [-0.4, -0.2) is 140 Å². The minimum absolute atomic E-state index is 0.0269. The average Bonchev–Trinajstić information content (AvgIpc) is 3.96. The van der Waals surface area contributed by atoms with E-state index in [0.29, 0.717) is 32.2 Å². The second-order valence-corrected chi connectivity index (χ2v) is 20.8. The minimum Gasteiger partial charge on any atom is -0.444 e. The number of nitrogens with zero attached hydrogens (tertiary/aromatic N) is 3. The van der Waals surface area contributed by atoms with Gasteiger partial charge in [-0.2, -0.15) is 0 Å². The molecule has 16 nitrogen and oxygen atoms in total. The van der Waals surface area contributed by atoms with E-state index in [1.54, 1.807) is 49.4 Å². The van der Waals surface area contributed by atoms with Gasteiger partial charge in [0.2, 0.25) is 33.7 Å². The summed E-state index contributed by atoms with van der Waals surface area (Å²) in [6.45, 7) is 15.3. The maximum absolute atomic E-state index is 14.6. The molecule has 17 heteroatoms. The fourth-order valence-corrected chi connectivity index (χ4v) is 10.6. The van der Waals surface area contributed by atoms with Crippen molar-refractivity contribution in [3.63, 3.8) is 0 Å². The lowest BCUT2D eigenvalue weighted by atomic mass is 9.89. The number of carbonyl (C=O) groups excluding carboxylic acids is 5. The van der Waals surface area contributed by atoms with E-state index in [-0.39, 0.29) is 54.4 Å². The molecular weight excluding hydrogens is 817 g/mol. The van der Waals surface area contributed by atoms with E-state index in [1.807, 2.05) is 58.0 Å². The maximum atomic E-state index is 14.6. The highest BCUT2D eigenvalue weighted by molar-refractivity contribution is 7.89. The van der Waals surface area contributed by atoms with Gasteiger partial charge in [0.05, 0.1) is 42.4 Å². The third-order valence-electron chi connectivity index (χ3n) is 13.1. The zero-order chi connectivity index (χ0) is 46.3. The molecule has 1 aliphatic carbocycles. The molecule has 1 aromatic rings. The summed E-state index contributed by atoms with van der Waals surface area (Å²) in [4.78, 5) is 75.0. The van der Waals surface area contributed by atoms with Gasteiger partial charge in [-0.05, 0) is 82.6 Å². The van der Waals surface area contributed by atoms with Crippen molar-refractivity contribution in [2.75, 3.05) is 33.6 Å². The SMILES string of the molecule is CC[C@H](C)[C@@H]([C@@H](CC(=O)N1CCCC1[C@H](OC)[C@@H](C)C(=O)NC(Cc1ccccc1)CS(N)(=O)=O)OC)N(C)C(=O)C(NC(=O)[C@@H]1[C@H]2CC[C@H](C2)N1C(=O)OC(C)(C)C)C(C)C. The number of hydrogen-bond donors (Lipinski definition) is 3. The highest BCUT2D eigenvalue weighted by Crippen LogP contribution is 2.43. The van der Waals surface area contributed by atoms with Gasteiger partial charge in [-0.3, -0.25) is 24.1 Å². The van der Waals surface area contributed by atoms with Crippen molar-refractivity contribution in [2.45, 2.75) is 161 Å². The molecule has 62 heavy (non-hydrogen) atoms. The number of carbonyl (C=O) groups is 5. The van der Waals surface area contributed by atoms with Crippen LogP contribution in [0.1, 0.15) is 106 Å². The number of primary sulfonamides is 1. The molecule has 0 aromatic heterocycles. The molecule has 350 valence electrons. The summed E-state index contributed by atoms with van der Waals surface area (Å²) in [5.74, 6) is -2.98. The van der Waals surface area contributed by atoms with E-state index in [1.165, 1.54) is 14.2 Å². The average molecular weight is 891 g/mol. The summed E-state index contributed by atoms with van der Waals surface area (Å²) >= 11 is 0. The number of likely N-dealkylation sites (tertiary alicyclic amines) is 2. The fourth-order valence-electron chi connectivity index (χ4n) is 9.84. The predicted octanol–water partition coefficient (Wildman–Crippen LogP) is 3.85. The Morgan fingerprint density at radius 1 is 0.968 bits per heavy atom. The van der Waals surface area contributed by atoms with Crippen LogP contribution in [-0.2, 0) is 49.8 Å². The highest BCUT2D eigenvalue weighted by Gasteiger charge is 2.53. The number of sulfonamides is 1. The molecule has 0 spiro atoms. The molecule has 1 aromatic carbocycles. The first kappa shape index (κ1) is 50.8. The second-order valence-electron chi connectivity index (χ2n) is 19.1. The van der Waals surface area contributed by atoms with E-state index >= 15 is 0 Å². The largest absolute Gasteiger partial charge is 0.444 e. The summed E-state index contributed by atoms with van der Waals surface area (Å²) in [5.41, 5.74) is 0.110. The Hall–Kier alpha value is -3.80. The number of piperidine rings is 1. The number of rotatable bonds is 20. The van der Waals surface area contributed by atoms with Gasteiger partial charge in [0, 0.05) is 39.9 Å². The molecular formula is C45H74N6O10S. The lowest BCUT2D eigenvalue weighted by Crippen LogP contribution is -2.61. The number of methoxy groups -OCH3 is 2. The van der Waals surface area contributed by atoms with Crippen LogP contribution in [0.3, 0.4) is 0 Å². The molecule has 3 fully saturated rings. The first-order valence-electron chi connectivity index (χ1n) is 22.3. The normalized spacial score (nSPS) is 23.6. The molecule has 2 aliphatic heterocycles. The Labute approximate surface area is 369 Å². The summed E-state index contributed by atoms with van der Waals surface area (Å²) in [5, 5.41) is 11.3. The topological polar surface area (TPSA) is 207 Å². The Bertz CT molecular complexity index is 1810. The number of ether oxygens (including phenoxy) is 3. The van der Waals surface area contributed by atoms with Crippen molar-refractivity contribution in [1.82, 2.24) is 25.3 Å². The number of likely N-dealkylation sites (N-methyl/N-ethyl adjacent to an activating group) is 1. The van der Waals surface area contributed by atoms with Crippen molar-refractivity contribution in [3.8, 4) is 0 Å². The van der Waals surface area contributed by atoms with Gasteiger partial charge < -0.3 is 34.6 Å². The highest BCUT2D eigenvalue weighted by atomic mass is 32.2. The Morgan fingerprint density at radius 3 is 2.19 bits per heavy atom. The standard InChI is InChI=1S/C45H74N6O10S/c1-12-28(4)38(49(9)43(55)37(27(2)3)48-42(54)39-31-20-21-33(24-31)51(39)44(56)61-45(6,7)8)35(59-10)25-36(52)50-22-16-19-34(50)40(60-11)29(5)41(53)47-32(26-62(46,57)58)23-30-17-14-13-15-18-30/h13-15,17-18,27-29,31-35,37-40H,12,16,19-26H2,1-11H3,(H,47,53)(H,48,54)(H2,46,57,58)/t28-,29+,31-,32?,33+,34?,35+,37?,38-,39-,40+/m0/s1. The second kappa shape index (κ2) is 21.7. The van der Waals surface area contributed by atoms with Gasteiger partial charge >= 0.3 is 6.09 Å². The molecule has 4 rings (SSSR count). The van der Waals surface area contributed by atoms with Gasteiger partial charge in [-0.25, -0.2) is 18.4 Å². The van der Waals surface area contributed by atoms with E-state index in [2.05, 4.69) is 10.6 Å². The minimum atomic E-state index is -3.92. The van der Waals surface area contributed by atoms with Crippen molar-refractivity contribution < 1.29 is 46.6 Å². The molecule has 2 bridgehead atoms. The predicted molar refractivity (Wildman–Crippen MR) is 236 cm³/mol. The maximum Gasteiger partial charge on any atom is 0.411 e. The van der Waals surface area contributed by atoms with Crippen molar-refractivity contribution in [2.24, 2.45) is 28.8 Å². The third-order valence-corrected chi connectivity index (χ3v) is 13.9. The van der Waals surface area contributed by atoms with Gasteiger partial charge in [0.15, 0.2) is 0 Å². The lowest BCUT2D eigenvalue weighted by Gasteiger charge is -2.41. The Kier molecular flexibility index (Phi) is 17.8. The van der Waals surface area contributed by atoms with E-state index in [9.17, 15) is 32.4 Å². The van der Waals surface area contributed by atoms with Crippen LogP contribution in [0.2, 0.25) is 0 Å². The number of nitrogens with one attached hydrogen (secondary N) is 2. The van der Waals surface area contributed by atoms with Crippen LogP contribution >= 0.6 is 0 Å². The van der Waals surface area contributed by atoms with Crippen molar-refractivity contribution in [3.05, 3.63) is 35.9 Å². The van der Waals surface area contributed by atoms with Gasteiger partial charge in [0.1, 0.15) is 17.7 Å². The molecule has 1 saturated carbocycles. The monoisotopic (exact) mass is 891 g/mol. The van der Waals surface area contributed by atoms with E-state index in [4.69, 9.17) is 19.3 Å². The smallest absolute Gasteiger partial charge is 0.411 e. The summed E-state index contributed by atoms with van der Waals surface area (Å²) < 4.78 is 42.0. The van der Waals surface area contributed by atoms with E-state index < -0.39 is 81.7 Å². The van der Waals surface area contributed by atoms with Gasteiger partial charge in [-0.15, -0.1) is 0 Å². The quantitative estimate of drug-likeness (QED) is 0.172. The zero-order valence-electron chi connectivity index (χ0n) is 38.8. The summed E-state index contributed by atoms with van der Waals surface area (Å²) in [6.07, 6.45) is 2.51. The van der Waals surface area contributed by atoms with Crippen LogP contribution < -0.4 is 15.8 Å². The number of amides is 5. The zero-order valence-corrected chi connectivity index (χ0v) is 39.6. The number of nitrogens with two attached hydrogens (primary N) is 1. The van der Waals surface area contributed by atoms with Gasteiger partial charge in [0.25, 0.3) is 0 Å². The molecule has 0 radical (unpaired) electrons. The molecule has 3 aliphatic rings. The molecule has 11 atom stereocenters. The van der Waals surface area contributed by atoms with Gasteiger partial charge in [-0.1, -0.05) is 71.4 Å². The summed E-state index contributed by atoms with van der Waals surface area (Å²) in [7, 11) is 0.781. The third kappa shape index (κ3) is 12.9. The van der Waals surface area contributed by atoms with Crippen LogP contribution in [0.4, 0.5) is 4.79 Å². The van der Waals surface area contributed by atoms with Crippen LogP contribution in [0, 0.1) is 23.7 Å². The number of hydrogen-bond acceptors (Lipinski definition) is 10. The van der Waals surface area contributed by atoms with Crippen LogP contribution in [0.15, 0.2) is 30.3 Å². The Balaban J connectivity index is 1.49.